The van der Waals surface area contributed by atoms with Crippen LogP contribution in [-0.2, 0) is 4.79 Å². The van der Waals surface area contributed by atoms with Gasteiger partial charge >= 0.3 is 0 Å². The predicted molar refractivity (Wildman–Crippen MR) is 95.4 cm³/mol. The molecule has 2 N–H and O–H groups in total. The number of carbonyl (C=O) groups is 1. The van der Waals surface area contributed by atoms with Crippen molar-refractivity contribution in [3.05, 3.63) is 64.3 Å². The van der Waals surface area contributed by atoms with Crippen molar-refractivity contribution in [3.63, 3.8) is 0 Å². The number of halogens is 2. The molecule has 0 bridgehead atoms. The van der Waals surface area contributed by atoms with Crippen molar-refractivity contribution < 1.29 is 9.53 Å². The molecule has 24 heavy (non-hydrogen) atoms. The molecule has 122 valence electrons. The first-order chi connectivity index (χ1) is 11.5. The maximum atomic E-state index is 12.2. The van der Waals surface area contributed by atoms with E-state index in [4.69, 9.17) is 33.2 Å². The average molecular weight is 362 g/mol. The summed E-state index contributed by atoms with van der Waals surface area (Å²) in [6.07, 6.45) is 1.32. The molecule has 2 aromatic carbocycles. The predicted octanol–water partition coefficient (Wildman–Crippen LogP) is 4.46. The van der Waals surface area contributed by atoms with Gasteiger partial charge in [0.05, 0.1) is 22.8 Å². The number of nitriles is 1. The first-order valence-corrected chi connectivity index (χ1v) is 7.57. The molecule has 2 rings (SSSR count). The van der Waals surface area contributed by atoms with Crippen molar-refractivity contribution in [2.45, 2.75) is 0 Å². The van der Waals surface area contributed by atoms with Crippen LogP contribution in [0.15, 0.2) is 54.2 Å². The summed E-state index contributed by atoms with van der Waals surface area (Å²) in [5, 5.41) is 15.1. The molecular formula is C17H13Cl2N3O2. The van der Waals surface area contributed by atoms with E-state index >= 15 is 0 Å². The number of nitrogens with one attached hydrogen (secondary N) is 2. The second-order valence-corrected chi connectivity index (χ2v) is 5.38. The zero-order valence-corrected chi connectivity index (χ0v) is 14.2. The summed E-state index contributed by atoms with van der Waals surface area (Å²) >= 11 is 11.9. The molecule has 2 aromatic rings. The highest BCUT2D eigenvalue weighted by atomic mass is 35.5. The Balaban J connectivity index is 2.10. The van der Waals surface area contributed by atoms with E-state index in [0.29, 0.717) is 22.1 Å². The third-order valence-electron chi connectivity index (χ3n) is 3.04. The average Bonchev–Trinajstić information content (AvgIpc) is 2.60. The molecule has 0 saturated carbocycles. The molecule has 0 spiro atoms. The molecule has 0 heterocycles. The molecule has 0 saturated heterocycles. The van der Waals surface area contributed by atoms with Crippen LogP contribution < -0.4 is 15.4 Å². The Bertz CT molecular complexity index is 812. The SMILES string of the molecule is COc1ccc(N/C=C(/C#N)C(=O)Nc2cccc(Cl)c2Cl)cc1. The highest BCUT2D eigenvalue weighted by molar-refractivity contribution is 6.44. The van der Waals surface area contributed by atoms with Crippen LogP contribution in [0.25, 0.3) is 0 Å². The van der Waals surface area contributed by atoms with Crippen LogP contribution in [0.3, 0.4) is 0 Å². The minimum absolute atomic E-state index is 0.109. The summed E-state index contributed by atoms with van der Waals surface area (Å²) in [5.74, 6) is 0.112. The van der Waals surface area contributed by atoms with Gasteiger partial charge in [-0.3, -0.25) is 4.79 Å². The Labute approximate surface area is 149 Å². The van der Waals surface area contributed by atoms with E-state index in [-0.39, 0.29) is 10.6 Å². The van der Waals surface area contributed by atoms with Gasteiger partial charge in [-0.2, -0.15) is 5.26 Å². The van der Waals surface area contributed by atoms with Crippen molar-refractivity contribution in [1.29, 1.82) is 5.26 Å². The van der Waals surface area contributed by atoms with Crippen molar-refractivity contribution in [2.75, 3.05) is 17.7 Å². The number of hydrogen-bond acceptors (Lipinski definition) is 4. The minimum Gasteiger partial charge on any atom is -0.497 e. The quantitative estimate of drug-likeness (QED) is 0.608. The maximum absolute atomic E-state index is 12.2. The maximum Gasteiger partial charge on any atom is 0.267 e. The second kappa shape index (κ2) is 8.25. The standard InChI is InChI=1S/C17H13Cl2N3O2/c1-24-13-7-5-12(6-8-13)21-10-11(9-20)17(23)22-15-4-2-3-14(18)16(15)19/h2-8,10,21H,1H3,(H,22,23)/b11-10-. The van der Waals surface area contributed by atoms with Crippen LogP contribution in [0.5, 0.6) is 5.75 Å². The van der Waals surface area contributed by atoms with E-state index in [1.807, 2.05) is 6.07 Å². The molecule has 0 unspecified atom stereocenters. The molecule has 0 aliphatic heterocycles. The lowest BCUT2D eigenvalue weighted by molar-refractivity contribution is -0.112. The Morgan fingerprint density at radius 1 is 1.21 bits per heavy atom. The number of ether oxygens (including phenoxy) is 1. The Morgan fingerprint density at radius 2 is 1.92 bits per heavy atom. The Kier molecular flexibility index (Phi) is 6.07. The lowest BCUT2D eigenvalue weighted by Crippen LogP contribution is -2.14. The van der Waals surface area contributed by atoms with Gasteiger partial charge in [0, 0.05) is 11.9 Å². The van der Waals surface area contributed by atoms with Gasteiger partial charge in [0.15, 0.2) is 0 Å². The van der Waals surface area contributed by atoms with Crippen LogP contribution in [0.2, 0.25) is 10.0 Å². The van der Waals surface area contributed by atoms with Gasteiger partial charge < -0.3 is 15.4 Å². The van der Waals surface area contributed by atoms with Gasteiger partial charge in [0.1, 0.15) is 17.4 Å². The summed E-state index contributed by atoms with van der Waals surface area (Å²) < 4.78 is 5.06. The topological polar surface area (TPSA) is 74.1 Å². The molecule has 0 fully saturated rings. The number of carbonyl (C=O) groups excluding carboxylic acids is 1. The number of rotatable bonds is 5. The monoisotopic (exact) mass is 361 g/mol. The number of hydrogen-bond donors (Lipinski definition) is 2. The Morgan fingerprint density at radius 3 is 2.54 bits per heavy atom. The second-order valence-electron chi connectivity index (χ2n) is 4.60. The van der Waals surface area contributed by atoms with E-state index in [9.17, 15) is 4.79 Å². The van der Waals surface area contributed by atoms with Gasteiger partial charge in [0.2, 0.25) is 0 Å². The Hall–Kier alpha value is -2.68. The molecule has 0 aliphatic carbocycles. The number of anilines is 2. The van der Waals surface area contributed by atoms with Crippen LogP contribution in [0.1, 0.15) is 0 Å². The molecule has 1 amide bonds. The lowest BCUT2D eigenvalue weighted by atomic mass is 10.2. The van der Waals surface area contributed by atoms with Crippen LogP contribution in [-0.4, -0.2) is 13.0 Å². The fourth-order valence-corrected chi connectivity index (χ4v) is 2.13. The fraction of sp³-hybridized carbons (Fsp3) is 0.0588. The molecule has 0 radical (unpaired) electrons. The largest absolute Gasteiger partial charge is 0.497 e. The fourth-order valence-electron chi connectivity index (χ4n) is 1.78. The normalized spacial score (nSPS) is 10.7. The van der Waals surface area contributed by atoms with E-state index in [1.54, 1.807) is 49.6 Å². The summed E-state index contributed by atoms with van der Waals surface area (Å²) in [5.41, 5.74) is 0.929. The van der Waals surface area contributed by atoms with Crippen molar-refractivity contribution in [3.8, 4) is 11.8 Å². The molecule has 5 nitrogen and oxygen atoms in total. The van der Waals surface area contributed by atoms with Gasteiger partial charge in [0.25, 0.3) is 5.91 Å². The van der Waals surface area contributed by atoms with Crippen LogP contribution >= 0.6 is 23.2 Å². The smallest absolute Gasteiger partial charge is 0.267 e. The number of methoxy groups -OCH3 is 1. The summed E-state index contributed by atoms with van der Waals surface area (Å²) in [4.78, 5) is 12.2. The van der Waals surface area contributed by atoms with E-state index in [0.717, 1.165) is 0 Å². The molecule has 0 aromatic heterocycles. The molecule has 0 atom stereocenters. The van der Waals surface area contributed by atoms with Gasteiger partial charge in [-0.05, 0) is 36.4 Å². The first-order valence-electron chi connectivity index (χ1n) is 6.81. The zero-order valence-electron chi connectivity index (χ0n) is 12.6. The van der Waals surface area contributed by atoms with Gasteiger partial charge in [-0.1, -0.05) is 29.3 Å². The van der Waals surface area contributed by atoms with E-state index in [2.05, 4.69) is 10.6 Å². The number of benzene rings is 2. The third-order valence-corrected chi connectivity index (χ3v) is 3.86. The highest BCUT2D eigenvalue weighted by Gasteiger charge is 2.12. The first kappa shape index (κ1) is 17.7. The van der Waals surface area contributed by atoms with Gasteiger partial charge in [-0.25, -0.2) is 0 Å². The minimum atomic E-state index is -0.595. The summed E-state index contributed by atoms with van der Waals surface area (Å²) in [6, 6.07) is 13.7. The lowest BCUT2D eigenvalue weighted by Gasteiger charge is -2.08. The number of amides is 1. The van der Waals surface area contributed by atoms with Crippen molar-refractivity contribution >= 4 is 40.5 Å². The third kappa shape index (κ3) is 4.42. The summed E-state index contributed by atoms with van der Waals surface area (Å²) in [7, 11) is 1.57. The molecular weight excluding hydrogens is 349 g/mol. The number of nitrogens with zero attached hydrogens (tertiary/aromatic N) is 1. The van der Waals surface area contributed by atoms with E-state index in [1.165, 1.54) is 6.20 Å². The van der Waals surface area contributed by atoms with Crippen LogP contribution in [0, 0.1) is 11.3 Å². The van der Waals surface area contributed by atoms with Crippen molar-refractivity contribution in [1.82, 2.24) is 0 Å². The zero-order chi connectivity index (χ0) is 17.5. The highest BCUT2D eigenvalue weighted by Crippen LogP contribution is 2.29. The van der Waals surface area contributed by atoms with Crippen LogP contribution in [0.4, 0.5) is 11.4 Å². The van der Waals surface area contributed by atoms with E-state index < -0.39 is 5.91 Å². The van der Waals surface area contributed by atoms with Gasteiger partial charge in [-0.15, -0.1) is 0 Å². The molecule has 7 heteroatoms. The summed E-state index contributed by atoms with van der Waals surface area (Å²) in [6.45, 7) is 0. The van der Waals surface area contributed by atoms with Crippen molar-refractivity contribution in [2.24, 2.45) is 0 Å². The molecule has 0 aliphatic rings.